The summed E-state index contributed by atoms with van der Waals surface area (Å²) >= 11 is 0. The van der Waals surface area contributed by atoms with Gasteiger partial charge in [-0.15, -0.1) is 5.60 Å². The van der Waals surface area contributed by atoms with Crippen LogP contribution in [0.2, 0.25) is 0 Å². The van der Waals surface area contributed by atoms with E-state index in [1.165, 1.54) is 18.4 Å². The van der Waals surface area contributed by atoms with Crippen molar-refractivity contribution in [1.29, 1.82) is 0 Å². The molecule has 74 valence electrons. The van der Waals surface area contributed by atoms with Crippen LogP contribution in [0.25, 0.3) is 0 Å². The van der Waals surface area contributed by atoms with E-state index in [9.17, 15) is 5.11 Å². The Morgan fingerprint density at radius 3 is 2.79 bits per heavy atom. The van der Waals surface area contributed by atoms with E-state index in [1.807, 2.05) is 6.92 Å². The summed E-state index contributed by atoms with van der Waals surface area (Å²) in [6.45, 7) is 1.83. The van der Waals surface area contributed by atoms with Crippen molar-refractivity contribution >= 4 is 0 Å². The molecule has 2 atom stereocenters. The molecule has 0 saturated heterocycles. The van der Waals surface area contributed by atoms with E-state index in [-0.39, 0.29) is 24.8 Å². The Labute approximate surface area is 97.9 Å². The smallest absolute Gasteiger partial charge is 0.849 e. The zero-order chi connectivity index (χ0) is 9.47. The van der Waals surface area contributed by atoms with Crippen molar-refractivity contribution in [1.82, 2.24) is 0 Å². The van der Waals surface area contributed by atoms with E-state index in [4.69, 9.17) is 4.74 Å². The molecule has 0 aromatic rings. The van der Waals surface area contributed by atoms with Crippen LogP contribution in [0, 0.1) is 5.92 Å². The first-order valence-electron chi connectivity index (χ1n) is 5.11. The van der Waals surface area contributed by atoms with E-state index in [0.29, 0.717) is 6.42 Å². The Hall–Kier alpha value is 0.0974. The summed E-state index contributed by atoms with van der Waals surface area (Å²) in [5.41, 5.74) is 0.535. The number of hydrogen-bond acceptors (Lipinski definition) is 2. The summed E-state index contributed by atoms with van der Waals surface area (Å²) in [5, 5.41) is 12.1. The first kappa shape index (κ1) is 12.2. The van der Waals surface area contributed by atoms with Gasteiger partial charge in [0.1, 0.15) is 0 Å². The molecular weight excluding hydrogens is 171 g/mol. The fourth-order valence-corrected chi connectivity index (χ4v) is 2.78. The van der Waals surface area contributed by atoms with Crippen molar-refractivity contribution in [3.63, 3.8) is 0 Å². The maximum absolute atomic E-state index is 12.1. The molecule has 0 aromatic carbocycles. The molecule has 14 heavy (non-hydrogen) atoms. The molecule has 1 fully saturated rings. The van der Waals surface area contributed by atoms with Crippen LogP contribution in [0.3, 0.4) is 0 Å². The van der Waals surface area contributed by atoms with Crippen LogP contribution < -0.4 is 24.0 Å². The van der Waals surface area contributed by atoms with Gasteiger partial charge in [-0.1, -0.05) is 13.3 Å². The second-order valence-electron chi connectivity index (χ2n) is 4.44. The largest absolute Gasteiger partial charge is 1.00 e. The summed E-state index contributed by atoms with van der Waals surface area (Å²) in [7, 11) is 1.69. The number of ether oxygens (including phenoxy) is 1. The van der Waals surface area contributed by atoms with Crippen LogP contribution in [0.5, 0.6) is 0 Å². The van der Waals surface area contributed by atoms with Gasteiger partial charge in [0.25, 0.3) is 0 Å². The molecule has 2 aliphatic rings. The van der Waals surface area contributed by atoms with E-state index in [0.717, 1.165) is 18.6 Å². The Kier molecular flexibility index (Phi) is 3.74. The third kappa shape index (κ3) is 1.89. The summed E-state index contributed by atoms with van der Waals surface area (Å²) in [6, 6.07) is 0. The third-order valence-corrected chi connectivity index (χ3v) is 3.46. The second kappa shape index (κ2) is 4.31. The monoisotopic (exact) mass is 188 g/mol. The van der Waals surface area contributed by atoms with Gasteiger partial charge in [0.2, 0.25) is 0 Å². The molecule has 2 nitrogen and oxygen atoms in total. The zero-order valence-corrected chi connectivity index (χ0v) is 9.43. The molecule has 2 aliphatic carbocycles. The predicted octanol–water partition coefficient (Wildman–Crippen LogP) is -1.40. The predicted molar refractivity (Wildman–Crippen MR) is 49.0 cm³/mol. The fourth-order valence-electron chi connectivity index (χ4n) is 2.78. The van der Waals surface area contributed by atoms with Crippen LogP contribution in [0.1, 0.15) is 39.0 Å². The molecule has 0 heterocycles. The number of rotatable bonds is 1. The SMILES string of the molecule is COC1=C2CCCC[C@H]2[C@](C)([O-])C1.[Li+]. The first-order valence-corrected chi connectivity index (χ1v) is 5.11. The summed E-state index contributed by atoms with van der Waals surface area (Å²) in [5.74, 6) is 1.25. The van der Waals surface area contributed by atoms with Gasteiger partial charge in [0, 0.05) is 0 Å². The number of methoxy groups -OCH3 is 1. The van der Waals surface area contributed by atoms with Gasteiger partial charge in [-0.25, -0.2) is 0 Å². The maximum atomic E-state index is 12.1. The molecule has 0 unspecified atom stereocenters. The minimum atomic E-state index is -0.791. The van der Waals surface area contributed by atoms with Gasteiger partial charge in [0.05, 0.1) is 12.9 Å². The topological polar surface area (TPSA) is 32.3 Å². The minimum Gasteiger partial charge on any atom is -0.849 e. The van der Waals surface area contributed by atoms with Crippen LogP contribution in [0.15, 0.2) is 11.3 Å². The van der Waals surface area contributed by atoms with E-state index in [1.54, 1.807) is 7.11 Å². The molecule has 0 N–H and O–H groups in total. The van der Waals surface area contributed by atoms with Crippen LogP contribution in [-0.4, -0.2) is 12.7 Å². The minimum absolute atomic E-state index is 0. The second-order valence-corrected chi connectivity index (χ2v) is 4.44. The maximum Gasteiger partial charge on any atom is 1.00 e. The van der Waals surface area contributed by atoms with Crippen LogP contribution >= 0.6 is 0 Å². The molecule has 0 aliphatic heterocycles. The third-order valence-electron chi connectivity index (χ3n) is 3.46. The molecule has 0 amide bonds. The van der Waals surface area contributed by atoms with Crippen molar-refractivity contribution in [2.45, 2.75) is 44.6 Å². The number of hydrogen-bond donors (Lipinski definition) is 0. The Morgan fingerprint density at radius 2 is 2.14 bits per heavy atom. The van der Waals surface area contributed by atoms with Gasteiger partial charge in [-0.05, 0) is 37.2 Å². The summed E-state index contributed by atoms with van der Waals surface area (Å²) < 4.78 is 5.30. The standard InChI is InChI=1S/C11H17O2.Li/c1-11(12)7-10(13-2)8-5-3-4-6-9(8)11;/h9H,3-7H2,1-2H3;/q-1;+1/t9-,11-;/m1./s1. The van der Waals surface area contributed by atoms with E-state index >= 15 is 0 Å². The zero-order valence-electron chi connectivity index (χ0n) is 9.43. The number of fused-ring (bicyclic) bond motifs is 1. The molecule has 0 spiro atoms. The van der Waals surface area contributed by atoms with Crippen molar-refractivity contribution in [3.05, 3.63) is 11.3 Å². The van der Waals surface area contributed by atoms with Crippen molar-refractivity contribution in [2.75, 3.05) is 7.11 Å². The molecule has 2 rings (SSSR count). The van der Waals surface area contributed by atoms with Gasteiger partial charge in [-0.3, -0.25) is 0 Å². The van der Waals surface area contributed by atoms with Crippen LogP contribution in [-0.2, 0) is 4.74 Å². The van der Waals surface area contributed by atoms with Crippen molar-refractivity contribution in [2.24, 2.45) is 5.92 Å². The van der Waals surface area contributed by atoms with Gasteiger partial charge < -0.3 is 9.84 Å². The van der Waals surface area contributed by atoms with Crippen molar-refractivity contribution in [3.8, 4) is 0 Å². The molecule has 0 radical (unpaired) electrons. The van der Waals surface area contributed by atoms with E-state index in [2.05, 4.69) is 0 Å². The van der Waals surface area contributed by atoms with Crippen LogP contribution in [0.4, 0.5) is 0 Å². The molecule has 0 bridgehead atoms. The molecule has 0 aromatic heterocycles. The Balaban J connectivity index is 0.000000980. The Bertz CT molecular complexity index is 246. The molecule has 3 heteroatoms. The fraction of sp³-hybridized carbons (Fsp3) is 0.818. The normalized spacial score (nSPS) is 36.4. The summed E-state index contributed by atoms with van der Waals surface area (Å²) in [4.78, 5) is 0. The van der Waals surface area contributed by atoms with E-state index < -0.39 is 5.60 Å². The molecular formula is C11H17LiO2. The summed E-state index contributed by atoms with van der Waals surface area (Å²) in [6.07, 6.45) is 5.20. The molecule has 1 saturated carbocycles. The first-order chi connectivity index (χ1) is 6.15. The average molecular weight is 188 g/mol. The van der Waals surface area contributed by atoms with Gasteiger partial charge in [-0.2, -0.15) is 0 Å². The quantitative estimate of drug-likeness (QED) is 0.474. The van der Waals surface area contributed by atoms with Gasteiger partial charge in [0.15, 0.2) is 0 Å². The van der Waals surface area contributed by atoms with Crippen molar-refractivity contribution < 1.29 is 28.7 Å². The van der Waals surface area contributed by atoms with Gasteiger partial charge >= 0.3 is 18.9 Å². The average Bonchev–Trinajstić information content (AvgIpc) is 2.39. The Morgan fingerprint density at radius 1 is 1.43 bits per heavy atom.